The molecular formula is C11H24N2S. The van der Waals surface area contributed by atoms with Crippen LogP contribution in [-0.4, -0.2) is 41.6 Å². The molecule has 0 saturated carbocycles. The lowest BCUT2D eigenvalue weighted by atomic mass is 10.0. The topological polar surface area (TPSA) is 29.3 Å². The van der Waals surface area contributed by atoms with Crippen molar-refractivity contribution in [3.63, 3.8) is 0 Å². The van der Waals surface area contributed by atoms with Gasteiger partial charge in [-0.2, -0.15) is 11.8 Å². The molecule has 2 unspecified atom stereocenters. The van der Waals surface area contributed by atoms with Crippen LogP contribution in [0.1, 0.15) is 27.2 Å². The molecule has 1 heterocycles. The third-order valence-electron chi connectivity index (χ3n) is 2.90. The van der Waals surface area contributed by atoms with Gasteiger partial charge >= 0.3 is 0 Å². The van der Waals surface area contributed by atoms with Crippen LogP contribution < -0.4 is 5.73 Å². The van der Waals surface area contributed by atoms with E-state index in [9.17, 15) is 0 Å². The molecule has 0 radical (unpaired) electrons. The summed E-state index contributed by atoms with van der Waals surface area (Å²) >= 11 is 2.07. The van der Waals surface area contributed by atoms with Crippen molar-refractivity contribution in [3.05, 3.63) is 0 Å². The normalized spacial score (nSPS) is 26.8. The van der Waals surface area contributed by atoms with Crippen LogP contribution in [0.5, 0.6) is 0 Å². The summed E-state index contributed by atoms with van der Waals surface area (Å²) in [4.78, 5) is 2.61. The summed E-state index contributed by atoms with van der Waals surface area (Å²) in [6.07, 6.45) is 1.24. The molecule has 0 aromatic heterocycles. The molecule has 3 heteroatoms. The van der Waals surface area contributed by atoms with E-state index >= 15 is 0 Å². The van der Waals surface area contributed by atoms with E-state index in [4.69, 9.17) is 5.73 Å². The second-order valence-electron chi connectivity index (χ2n) is 4.68. The third kappa shape index (κ3) is 3.44. The van der Waals surface area contributed by atoms with Crippen molar-refractivity contribution >= 4 is 11.8 Å². The van der Waals surface area contributed by atoms with Gasteiger partial charge in [0.05, 0.1) is 0 Å². The molecule has 1 rings (SSSR count). The fourth-order valence-electron chi connectivity index (χ4n) is 2.19. The quantitative estimate of drug-likeness (QED) is 0.777. The average molecular weight is 216 g/mol. The van der Waals surface area contributed by atoms with Gasteiger partial charge in [-0.1, -0.05) is 13.8 Å². The monoisotopic (exact) mass is 216 g/mol. The van der Waals surface area contributed by atoms with Crippen molar-refractivity contribution in [3.8, 4) is 0 Å². The lowest BCUT2D eigenvalue weighted by Crippen LogP contribution is -2.50. The Bertz CT molecular complexity index is 161. The maximum atomic E-state index is 5.87. The molecule has 0 aliphatic carbocycles. The predicted molar refractivity (Wildman–Crippen MR) is 65.8 cm³/mol. The smallest absolute Gasteiger partial charge is 0.0224 e. The van der Waals surface area contributed by atoms with Crippen molar-refractivity contribution in [1.82, 2.24) is 4.90 Å². The fraction of sp³-hybridized carbons (Fsp3) is 1.00. The highest BCUT2D eigenvalue weighted by Crippen LogP contribution is 2.21. The maximum absolute atomic E-state index is 5.87. The fourth-order valence-corrected chi connectivity index (χ4v) is 3.23. The highest BCUT2D eigenvalue weighted by Gasteiger charge is 2.25. The Hall–Kier alpha value is 0.270. The Morgan fingerprint density at radius 1 is 1.50 bits per heavy atom. The minimum absolute atomic E-state index is 0.603. The first-order chi connectivity index (χ1) is 6.65. The molecule has 1 fully saturated rings. The van der Waals surface area contributed by atoms with Gasteiger partial charge in [0.15, 0.2) is 0 Å². The first kappa shape index (κ1) is 12.3. The van der Waals surface area contributed by atoms with Crippen molar-refractivity contribution < 1.29 is 0 Å². The SMILES string of the molecule is CC(C)CC(CN)N1CCSCC1C. The molecule has 0 aromatic rings. The third-order valence-corrected chi connectivity index (χ3v) is 4.09. The molecule has 2 N–H and O–H groups in total. The Morgan fingerprint density at radius 3 is 2.71 bits per heavy atom. The number of nitrogens with zero attached hydrogens (tertiary/aromatic N) is 1. The number of hydrogen-bond donors (Lipinski definition) is 1. The van der Waals surface area contributed by atoms with Gasteiger partial charge in [0.25, 0.3) is 0 Å². The summed E-state index contributed by atoms with van der Waals surface area (Å²) in [5, 5.41) is 0. The van der Waals surface area contributed by atoms with E-state index in [-0.39, 0.29) is 0 Å². The van der Waals surface area contributed by atoms with Crippen LogP contribution in [0.4, 0.5) is 0 Å². The van der Waals surface area contributed by atoms with Gasteiger partial charge in [-0.25, -0.2) is 0 Å². The maximum Gasteiger partial charge on any atom is 0.0224 e. The summed E-state index contributed by atoms with van der Waals surface area (Å²) in [5.74, 6) is 3.30. The molecule has 2 atom stereocenters. The minimum atomic E-state index is 0.603. The zero-order chi connectivity index (χ0) is 10.6. The van der Waals surface area contributed by atoms with Crippen molar-refractivity contribution in [2.24, 2.45) is 11.7 Å². The first-order valence-electron chi connectivity index (χ1n) is 5.68. The average Bonchev–Trinajstić information content (AvgIpc) is 2.15. The number of thioether (sulfide) groups is 1. The van der Waals surface area contributed by atoms with Crippen LogP contribution in [0.3, 0.4) is 0 Å². The molecule has 1 saturated heterocycles. The van der Waals surface area contributed by atoms with Crippen LogP contribution in [0, 0.1) is 5.92 Å². The van der Waals surface area contributed by atoms with E-state index in [0.29, 0.717) is 12.1 Å². The van der Waals surface area contributed by atoms with Crippen molar-refractivity contribution in [2.45, 2.75) is 39.3 Å². The minimum Gasteiger partial charge on any atom is -0.329 e. The van der Waals surface area contributed by atoms with Crippen LogP contribution in [0.2, 0.25) is 0 Å². The standard InChI is InChI=1S/C11H24N2S/c1-9(2)6-11(7-12)13-4-5-14-8-10(13)3/h9-11H,4-8,12H2,1-3H3. The Labute approximate surface area is 92.6 Å². The van der Waals surface area contributed by atoms with Gasteiger partial charge in [-0.3, -0.25) is 4.90 Å². The molecule has 1 aliphatic heterocycles. The number of rotatable bonds is 4. The second-order valence-corrected chi connectivity index (χ2v) is 5.83. The molecule has 0 spiro atoms. The summed E-state index contributed by atoms with van der Waals surface area (Å²) in [5.41, 5.74) is 5.87. The summed E-state index contributed by atoms with van der Waals surface area (Å²) in [6.45, 7) is 8.93. The number of nitrogens with two attached hydrogens (primary N) is 1. The molecular weight excluding hydrogens is 192 g/mol. The van der Waals surface area contributed by atoms with Crippen LogP contribution >= 0.6 is 11.8 Å². The molecule has 0 aromatic carbocycles. The Morgan fingerprint density at radius 2 is 2.21 bits per heavy atom. The van der Waals surface area contributed by atoms with Crippen LogP contribution in [-0.2, 0) is 0 Å². The van der Waals surface area contributed by atoms with Gasteiger partial charge in [0.1, 0.15) is 0 Å². The molecule has 1 aliphatic rings. The Kier molecular flexibility index (Phi) is 5.28. The summed E-state index contributed by atoms with van der Waals surface area (Å²) in [7, 11) is 0. The lowest BCUT2D eigenvalue weighted by molar-refractivity contribution is 0.146. The van der Waals surface area contributed by atoms with E-state index in [2.05, 4.69) is 37.4 Å². The van der Waals surface area contributed by atoms with E-state index in [0.717, 1.165) is 12.5 Å². The summed E-state index contributed by atoms with van der Waals surface area (Å²) < 4.78 is 0. The molecule has 0 amide bonds. The van der Waals surface area contributed by atoms with E-state index < -0.39 is 0 Å². The van der Waals surface area contributed by atoms with Gasteiger partial charge in [0, 0.05) is 36.7 Å². The molecule has 2 nitrogen and oxygen atoms in total. The zero-order valence-corrected chi connectivity index (χ0v) is 10.5. The number of hydrogen-bond acceptors (Lipinski definition) is 3. The Balaban J connectivity index is 2.48. The van der Waals surface area contributed by atoms with Crippen LogP contribution in [0.25, 0.3) is 0 Å². The molecule has 14 heavy (non-hydrogen) atoms. The zero-order valence-electron chi connectivity index (χ0n) is 9.70. The predicted octanol–water partition coefficient (Wildman–Crippen LogP) is 1.80. The van der Waals surface area contributed by atoms with E-state index in [1.54, 1.807) is 0 Å². The highest BCUT2D eigenvalue weighted by molar-refractivity contribution is 7.99. The van der Waals surface area contributed by atoms with E-state index in [1.807, 2.05) is 0 Å². The molecule has 84 valence electrons. The molecule has 0 bridgehead atoms. The lowest BCUT2D eigenvalue weighted by Gasteiger charge is -2.39. The van der Waals surface area contributed by atoms with Gasteiger partial charge in [0.2, 0.25) is 0 Å². The van der Waals surface area contributed by atoms with Gasteiger partial charge < -0.3 is 5.73 Å². The highest BCUT2D eigenvalue weighted by atomic mass is 32.2. The van der Waals surface area contributed by atoms with Crippen LogP contribution in [0.15, 0.2) is 0 Å². The van der Waals surface area contributed by atoms with Gasteiger partial charge in [-0.05, 0) is 19.3 Å². The summed E-state index contributed by atoms with van der Waals surface area (Å²) in [6, 6.07) is 1.31. The van der Waals surface area contributed by atoms with Crippen molar-refractivity contribution in [2.75, 3.05) is 24.6 Å². The van der Waals surface area contributed by atoms with Gasteiger partial charge in [-0.15, -0.1) is 0 Å². The second kappa shape index (κ2) is 5.99. The first-order valence-corrected chi connectivity index (χ1v) is 6.84. The van der Waals surface area contributed by atoms with E-state index in [1.165, 1.54) is 24.5 Å². The largest absolute Gasteiger partial charge is 0.329 e. The van der Waals surface area contributed by atoms with Crippen molar-refractivity contribution in [1.29, 1.82) is 0 Å².